The molecule has 1 fully saturated rings. The van der Waals surface area contributed by atoms with E-state index < -0.39 is 0 Å². The van der Waals surface area contributed by atoms with Gasteiger partial charge in [-0.1, -0.05) is 23.1 Å². The zero-order valence-electron chi connectivity index (χ0n) is 17.2. The van der Waals surface area contributed by atoms with E-state index in [0.29, 0.717) is 37.9 Å². The third kappa shape index (κ3) is 5.11. The van der Waals surface area contributed by atoms with Gasteiger partial charge in [0.1, 0.15) is 17.0 Å². The first-order chi connectivity index (χ1) is 15.0. The van der Waals surface area contributed by atoms with Crippen molar-refractivity contribution in [2.45, 2.75) is 45.1 Å². The first-order valence-corrected chi connectivity index (χ1v) is 11.2. The second-order valence-electron chi connectivity index (χ2n) is 7.28. The van der Waals surface area contributed by atoms with Crippen molar-refractivity contribution in [1.29, 1.82) is 0 Å². The van der Waals surface area contributed by atoms with Gasteiger partial charge in [-0.15, -0.1) is 5.10 Å². The van der Waals surface area contributed by atoms with Gasteiger partial charge in [0.15, 0.2) is 0 Å². The summed E-state index contributed by atoms with van der Waals surface area (Å²) in [4.78, 5) is 21.4. The maximum absolute atomic E-state index is 13.1. The minimum atomic E-state index is -0.363. The summed E-state index contributed by atoms with van der Waals surface area (Å²) in [7, 11) is 1.54. The highest BCUT2D eigenvalue weighted by Gasteiger charge is 2.21. The third-order valence-corrected chi connectivity index (χ3v) is 6.01. The van der Waals surface area contributed by atoms with Crippen LogP contribution < -0.4 is 14.8 Å². The molecule has 3 aromatic rings. The Morgan fingerprint density at radius 2 is 1.94 bits per heavy atom. The van der Waals surface area contributed by atoms with Crippen LogP contribution in [0, 0.1) is 6.92 Å². The number of rotatable bonds is 6. The van der Waals surface area contributed by atoms with Gasteiger partial charge in [0.05, 0.1) is 18.9 Å². The second-order valence-corrected chi connectivity index (χ2v) is 8.61. The predicted molar refractivity (Wildman–Crippen MR) is 119 cm³/mol. The molecule has 1 saturated carbocycles. The number of halogens is 1. The van der Waals surface area contributed by atoms with Crippen LogP contribution >= 0.6 is 22.9 Å². The van der Waals surface area contributed by atoms with Gasteiger partial charge in [-0.05, 0) is 56.1 Å². The minimum Gasteiger partial charge on any atom is -0.494 e. The van der Waals surface area contributed by atoms with E-state index in [4.69, 9.17) is 21.1 Å². The molecule has 0 radical (unpaired) electrons. The van der Waals surface area contributed by atoms with Crippen molar-refractivity contribution in [2.75, 3.05) is 12.4 Å². The van der Waals surface area contributed by atoms with Crippen LogP contribution in [-0.4, -0.2) is 39.3 Å². The molecular weight excluding hydrogens is 438 g/mol. The van der Waals surface area contributed by atoms with Crippen LogP contribution in [0.5, 0.6) is 10.9 Å². The summed E-state index contributed by atoms with van der Waals surface area (Å²) in [5.41, 5.74) is 2.39. The van der Waals surface area contributed by atoms with Crippen LogP contribution in [0.15, 0.2) is 24.5 Å². The molecule has 0 aromatic carbocycles. The van der Waals surface area contributed by atoms with Crippen molar-refractivity contribution in [3.8, 4) is 22.1 Å². The number of hydrogen-bond donors (Lipinski definition) is 1. The number of nitrogens with zero attached hydrogens (tertiary/aromatic N) is 4. The monoisotopic (exact) mass is 459 g/mol. The Morgan fingerprint density at radius 3 is 2.71 bits per heavy atom. The normalized spacial score (nSPS) is 14.3. The van der Waals surface area contributed by atoms with Crippen molar-refractivity contribution in [3.05, 3.63) is 40.9 Å². The van der Waals surface area contributed by atoms with E-state index in [1.807, 2.05) is 6.92 Å². The summed E-state index contributed by atoms with van der Waals surface area (Å²) in [6.07, 6.45) is 8.84. The quantitative estimate of drug-likeness (QED) is 0.521. The van der Waals surface area contributed by atoms with Gasteiger partial charge in [-0.25, -0.2) is 4.98 Å². The SMILES string of the molecule is COc1cnc(Cl)cc1-c1cc(C)ncc1C(=O)Nc1nnc(OC2CCCCC2)s1. The van der Waals surface area contributed by atoms with Crippen LogP contribution in [0.2, 0.25) is 5.15 Å². The molecule has 1 N–H and O–H groups in total. The maximum Gasteiger partial charge on any atom is 0.296 e. The number of carbonyl (C=O) groups excluding carboxylic acids is 1. The fourth-order valence-corrected chi connectivity index (χ4v) is 4.37. The molecule has 3 aromatic heterocycles. The summed E-state index contributed by atoms with van der Waals surface area (Å²) in [6, 6.07) is 3.47. The molecule has 0 spiro atoms. The number of hydrogen-bond acceptors (Lipinski definition) is 8. The topological polar surface area (TPSA) is 99.1 Å². The van der Waals surface area contributed by atoms with Gasteiger partial charge >= 0.3 is 0 Å². The largest absolute Gasteiger partial charge is 0.494 e. The molecule has 1 aliphatic carbocycles. The summed E-state index contributed by atoms with van der Waals surface area (Å²) in [5.74, 6) is 0.140. The number of aryl methyl sites for hydroxylation is 1. The summed E-state index contributed by atoms with van der Waals surface area (Å²) in [5, 5.41) is 12.0. The van der Waals surface area contributed by atoms with E-state index in [1.54, 1.807) is 12.1 Å². The fourth-order valence-electron chi connectivity index (χ4n) is 3.55. The van der Waals surface area contributed by atoms with E-state index >= 15 is 0 Å². The van der Waals surface area contributed by atoms with Gasteiger partial charge in [0.25, 0.3) is 11.1 Å². The highest BCUT2D eigenvalue weighted by atomic mass is 35.5. The molecular formula is C21H22ClN5O3S. The number of nitrogens with one attached hydrogen (secondary N) is 1. The fraction of sp³-hybridized carbons (Fsp3) is 0.381. The summed E-state index contributed by atoms with van der Waals surface area (Å²) in [6.45, 7) is 1.85. The number of methoxy groups -OCH3 is 1. The Bertz CT molecular complexity index is 1080. The van der Waals surface area contributed by atoms with E-state index in [2.05, 4.69) is 25.5 Å². The van der Waals surface area contributed by atoms with Crippen molar-refractivity contribution >= 4 is 34.0 Å². The number of aromatic nitrogens is 4. The lowest BCUT2D eigenvalue weighted by atomic mass is 9.98. The highest BCUT2D eigenvalue weighted by Crippen LogP contribution is 2.34. The molecule has 10 heteroatoms. The van der Waals surface area contributed by atoms with Crippen LogP contribution in [-0.2, 0) is 0 Å². The molecule has 31 heavy (non-hydrogen) atoms. The lowest BCUT2D eigenvalue weighted by Gasteiger charge is -2.20. The first kappa shape index (κ1) is 21.5. The third-order valence-electron chi connectivity index (χ3n) is 5.08. The van der Waals surface area contributed by atoms with Crippen LogP contribution in [0.1, 0.15) is 48.2 Å². The Balaban J connectivity index is 1.57. The van der Waals surface area contributed by atoms with Crippen molar-refractivity contribution in [3.63, 3.8) is 0 Å². The Morgan fingerprint density at radius 1 is 1.13 bits per heavy atom. The zero-order chi connectivity index (χ0) is 21.8. The number of carbonyl (C=O) groups is 1. The number of amides is 1. The molecule has 0 aliphatic heterocycles. The second kappa shape index (κ2) is 9.57. The first-order valence-electron chi connectivity index (χ1n) is 10.0. The Labute approximate surface area is 189 Å². The Hall–Kier alpha value is -2.78. The number of pyridine rings is 2. The molecule has 0 atom stereocenters. The van der Waals surface area contributed by atoms with Gasteiger partial charge in [0, 0.05) is 23.0 Å². The molecule has 162 valence electrons. The maximum atomic E-state index is 13.1. The lowest BCUT2D eigenvalue weighted by molar-refractivity contribution is 0.102. The molecule has 1 amide bonds. The lowest BCUT2D eigenvalue weighted by Crippen LogP contribution is -2.19. The molecule has 4 rings (SSSR count). The van der Waals surface area contributed by atoms with Crippen LogP contribution in [0.3, 0.4) is 0 Å². The summed E-state index contributed by atoms with van der Waals surface area (Å²) < 4.78 is 11.3. The van der Waals surface area contributed by atoms with E-state index in [0.717, 1.165) is 18.5 Å². The van der Waals surface area contributed by atoms with Crippen molar-refractivity contribution in [1.82, 2.24) is 20.2 Å². The van der Waals surface area contributed by atoms with Crippen molar-refractivity contribution in [2.24, 2.45) is 0 Å². The molecule has 3 heterocycles. The minimum absolute atomic E-state index is 0.169. The van der Waals surface area contributed by atoms with Gasteiger partial charge in [0.2, 0.25) is 5.13 Å². The molecule has 1 aliphatic rings. The van der Waals surface area contributed by atoms with Crippen LogP contribution in [0.25, 0.3) is 11.1 Å². The van der Waals surface area contributed by atoms with Gasteiger partial charge in [-0.3, -0.25) is 15.1 Å². The highest BCUT2D eigenvalue weighted by molar-refractivity contribution is 7.17. The Kier molecular flexibility index (Phi) is 6.62. The average molecular weight is 460 g/mol. The number of anilines is 1. The standard InChI is InChI=1S/C21H22ClN5O3S/c1-12-8-14(15-9-18(22)24-11-17(15)29-2)16(10-23-12)19(28)25-20-26-27-21(31-20)30-13-6-4-3-5-7-13/h8-11,13H,3-7H2,1-2H3,(H,25,26,28). The number of ether oxygens (including phenoxy) is 2. The average Bonchev–Trinajstić information content (AvgIpc) is 3.20. The molecule has 8 nitrogen and oxygen atoms in total. The zero-order valence-corrected chi connectivity index (χ0v) is 18.8. The smallest absolute Gasteiger partial charge is 0.296 e. The van der Waals surface area contributed by atoms with Crippen molar-refractivity contribution < 1.29 is 14.3 Å². The molecule has 0 bridgehead atoms. The van der Waals surface area contributed by atoms with E-state index in [1.165, 1.54) is 50.1 Å². The summed E-state index contributed by atoms with van der Waals surface area (Å²) >= 11 is 7.31. The van der Waals surface area contributed by atoms with Gasteiger partial charge in [-0.2, -0.15) is 0 Å². The molecule has 0 unspecified atom stereocenters. The van der Waals surface area contributed by atoms with Gasteiger partial charge < -0.3 is 9.47 Å². The van der Waals surface area contributed by atoms with E-state index in [9.17, 15) is 4.79 Å². The predicted octanol–water partition coefficient (Wildman–Crippen LogP) is 4.93. The molecule has 0 saturated heterocycles. The van der Waals surface area contributed by atoms with Crippen LogP contribution in [0.4, 0.5) is 5.13 Å². The van der Waals surface area contributed by atoms with E-state index in [-0.39, 0.29) is 12.0 Å².